The molecular formula is C17H16N4. The third kappa shape index (κ3) is 2.40. The summed E-state index contributed by atoms with van der Waals surface area (Å²) in [6.45, 7) is 0. The van der Waals surface area contributed by atoms with E-state index >= 15 is 0 Å². The second kappa shape index (κ2) is 5.05. The monoisotopic (exact) mass is 276 g/mol. The van der Waals surface area contributed by atoms with Crippen LogP contribution >= 0.6 is 0 Å². The molecule has 1 N–H and O–H groups in total. The van der Waals surface area contributed by atoms with E-state index in [0.717, 1.165) is 24.2 Å². The molecule has 1 aliphatic rings. The van der Waals surface area contributed by atoms with Crippen LogP contribution < -0.4 is 5.32 Å². The Hall–Kier alpha value is -2.62. The van der Waals surface area contributed by atoms with Crippen LogP contribution in [0.3, 0.4) is 0 Å². The molecule has 0 atom stereocenters. The summed E-state index contributed by atoms with van der Waals surface area (Å²) in [5, 5.41) is 11.9. The Bertz CT molecular complexity index is 707. The van der Waals surface area contributed by atoms with Crippen LogP contribution in [-0.2, 0) is 12.8 Å². The summed E-state index contributed by atoms with van der Waals surface area (Å²) in [6, 6.07) is 17.4. The predicted molar refractivity (Wildman–Crippen MR) is 82.6 cm³/mol. The minimum absolute atomic E-state index is 0.482. The van der Waals surface area contributed by atoms with E-state index in [1.807, 2.05) is 12.1 Å². The van der Waals surface area contributed by atoms with Crippen LogP contribution in [0.25, 0.3) is 5.69 Å². The lowest BCUT2D eigenvalue weighted by molar-refractivity contribution is 0.751. The first-order chi connectivity index (χ1) is 10.4. The van der Waals surface area contributed by atoms with Crippen molar-refractivity contribution in [3.05, 3.63) is 72.1 Å². The molecule has 0 bridgehead atoms. The summed E-state index contributed by atoms with van der Waals surface area (Å²) in [5.41, 5.74) is 5.05. The fraction of sp³-hybridized carbons (Fsp3) is 0.176. The molecule has 0 amide bonds. The van der Waals surface area contributed by atoms with Crippen LogP contribution in [0, 0.1) is 0 Å². The maximum absolute atomic E-state index is 4.13. The molecule has 1 heterocycles. The molecule has 4 rings (SSSR count). The van der Waals surface area contributed by atoms with Gasteiger partial charge in [0.2, 0.25) is 0 Å². The number of hydrogen-bond acceptors (Lipinski definition) is 3. The fourth-order valence-corrected chi connectivity index (χ4v) is 2.94. The lowest BCUT2D eigenvalue weighted by Crippen LogP contribution is -2.19. The van der Waals surface area contributed by atoms with Crippen molar-refractivity contribution in [2.24, 2.45) is 0 Å². The Morgan fingerprint density at radius 1 is 0.857 bits per heavy atom. The summed E-state index contributed by atoms with van der Waals surface area (Å²) in [6.07, 6.45) is 5.56. The molecule has 1 aromatic heterocycles. The highest BCUT2D eigenvalue weighted by atomic mass is 15.5. The molecular weight excluding hydrogens is 260 g/mol. The van der Waals surface area contributed by atoms with Gasteiger partial charge in [-0.3, -0.25) is 0 Å². The SMILES string of the molecule is c1ccc2c(c1)CC(Nc1ccc(-n3nccn3)cc1)C2. The molecule has 2 aromatic carbocycles. The van der Waals surface area contributed by atoms with Gasteiger partial charge < -0.3 is 5.32 Å². The molecule has 0 fully saturated rings. The quantitative estimate of drug-likeness (QED) is 0.800. The van der Waals surface area contributed by atoms with Gasteiger partial charge in [-0.2, -0.15) is 15.0 Å². The average Bonchev–Trinajstić information content (AvgIpc) is 3.17. The first-order valence-electron chi connectivity index (χ1n) is 7.18. The molecule has 104 valence electrons. The van der Waals surface area contributed by atoms with Crippen molar-refractivity contribution < 1.29 is 0 Å². The highest BCUT2D eigenvalue weighted by Gasteiger charge is 2.20. The molecule has 1 aliphatic carbocycles. The summed E-state index contributed by atoms with van der Waals surface area (Å²) < 4.78 is 0. The van der Waals surface area contributed by atoms with Crippen molar-refractivity contribution in [1.29, 1.82) is 0 Å². The second-order valence-electron chi connectivity index (χ2n) is 5.38. The minimum atomic E-state index is 0.482. The number of rotatable bonds is 3. The van der Waals surface area contributed by atoms with Gasteiger partial charge in [-0.05, 0) is 48.2 Å². The van der Waals surface area contributed by atoms with Crippen LogP contribution in [0.2, 0.25) is 0 Å². The van der Waals surface area contributed by atoms with Gasteiger partial charge in [-0.25, -0.2) is 0 Å². The zero-order valence-corrected chi connectivity index (χ0v) is 11.6. The molecule has 0 aliphatic heterocycles. The van der Waals surface area contributed by atoms with Gasteiger partial charge in [0.25, 0.3) is 0 Å². The van der Waals surface area contributed by atoms with E-state index in [1.165, 1.54) is 11.1 Å². The van der Waals surface area contributed by atoms with E-state index in [-0.39, 0.29) is 0 Å². The van der Waals surface area contributed by atoms with Crippen molar-refractivity contribution in [1.82, 2.24) is 15.0 Å². The van der Waals surface area contributed by atoms with E-state index < -0.39 is 0 Å². The Kier molecular flexibility index (Phi) is 2.92. The summed E-state index contributed by atoms with van der Waals surface area (Å²) in [4.78, 5) is 1.62. The van der Waals surface area contributed by atoms with Gasteiger partial charge in [0.1, 0.15) is 0 Å². The van der Waals surface area contributed by atoms with Gasteiger partial charge in [-0.1, -0.05) is 24.3 Å². The lowest BCUT2D eigenvalue weighted by Gasteiger charge is -2.13. The number of hydrogen-bond donors (Lipinski definition) is 1. The highest BCUT2D eigenvalue weighted by molar-refractivity contribution is 5.50. The second-order valence-corrected chi connectivity index (χ2v) is 5.38. The van der Waals surface area contributed by atoms with E-state index in [0.29, 0.717) is 6.04 Å². The minimum Gasteiger partial charge on any atom is -0.382 e. The summed E-state index contributed by atoms with van der Waals surface area (Å²) in [5.74, 6) is 0. The van der Waals surface area contributed by atoms with Gasteiger partial charge in [-0.15, -0.1) is 0 Å². The third-order valence-electron chi connectivity index (χ3n) is 3.94. The number of benzene rings is 2. The fourth-order valence-electron chi connectivity index (χ4n) is 2.94. The molecule has 0 unspecified atom stereocenters. The first-order valence-corrected chi connectivity index (χ1v) is 7.18. The lowest BCUT2D eigenvalue weighted by atomic mass is 10.1. The van der Waals surface area contributed by atoms with Gasteiger partial charge >= 0.3 is 0 Å². The topological polar surface area (TPSA) is 42.7 Å². The molecule has 21 heavy (non-hydrogen) atoms. The Labute approximate surface area is 123 Å². The van der Waals surface area contributed by atoms with E-state index in [9.17, 15) is 0 Å². The molecule has 4 nitrogen and oxygen atoms in total. The largest absolute Gasteiger partial charge is 0.382 e. The number of nitrogens with zero attached hydrogens (tertiary/aromatic N) is 3. The van der Waals surface area contributed by atoms with Crippen LogP contribution in [0.15, 0.2) is 60.9 Å². The molecule has 0 saturated heterocycles. The summed E-state index contributed by atoms with van der Waals surface area (Å²) >= 11 is 0. The van der Waals surface area contributed by atoms with E-state index in [2.05, 4.69) is 51.9 Å². The predicted octanol–water partition coefficient (Wildman–Crippen LogP) is 2.85. The van der Waals surface area contributed by atoms with Crippen molar-refractivity contribution in [2.45, 2.75) is 18.9 Å². The standard InChI is InChI=1S/C17H16N4/c1-2-4-14-12-16(11-13(14)3-1)20-15-5-7-17(8-6-15)21-18-9-10-19-21/h1-10,16,20H,11-12H2. The normalized spacial score (nSPS) is 14.1. The first kappa shape index (κ1) is 12.1. The smallest absolute Gasteiger partial charge is 0.0858 e. The Morgan fingerprint density at radius 3 is 2.10 bits per heavy atom. The van der Waals surface area contributed by atoms with Crippen molar-refractivity contribution >= 4 is 5.69 Å². The van der Waals surface area contributed by atoms with Gasteiger partial charge in [0.15, 0.2) is 0 Å². The van der Waals surface area contributed by atoms with Crippen LogP contribution in [0.5, 0.6) is 0 Å². The zero-order chi connectivity index (χ0) is 14.1. The van der Waals surface area contributed by atoms with Crippen molar-refractivity contribution in [3.8, 4) is 5.69 Å². The van der Waals surface area contributed by atoms with Crippen LogP contribution in [-0.4, -0.2) is 21.0 Å². The molecule has 4 heteroatoms. The van der Waals surface area contributed by atoms with Crippen LogP contribution in [0.1, 0.15) is 11.1 Å². The molecule has 0 radical (unpaired) electrons. The Morgan fingerprint density at radius 2 is 1.48 bits per heavy atom. The summed E-state index contributed by atoms with van der Waals surface area (Å²) in [7, 11) is 0. The number of nitrogens with one attached hydrogen (secondary N) is 1. The van der Waals surface area contributed by atoms with Gasteiger partial charge in [0.05, 0.1) is 18.1 Å². The van der Waals surface area contributed by atoms with Crippen molar-refractivity contribution in [3.63, 3.8) is 0 Å². The third-order valence-corrected chi connectivity index (χ3v) is 3.94. The highest BCUT2D eigenvalue weighted by Crippen LogP contribution is 2.24. The number of aromatic nitrogens is 3. The van der Waals surface area contributed by atoms with Gasteiger partial charge in [0, 0.05) is 11.7 Å². The van der Waals surface area contributed by atoms with E-state index in [4.69, 9.17) is 0 Å². The van der Waals surface area contributed by atoms with Crippen molar-refractivity contribution in [2.75, 3.05) is 5.32 Å². The number of fused-ring (bicyclic) bond motifs is 1. The van der Waals surface area contributed by atoms with E-state index in [1.54, 1.807) is 17.2 Å². The zero-order valence-electron chi connectivity index (χ0n) is 11.6. The molecule has 0 saturated carbocycles. The maximum atomic E-state index is 4.13. The molecule has 3 aromatic rings. The van der Waals surface area contributed by atoms with Crippen LogP contribution in [0.4, 0.5) is 5.69 Å². The molecule has 0 spiro atoms. The average molecular weight is 276 g/mol. The Balaban J connectivity index is 1.47. The maximum Gasteiger partial charge on any atom is 0.0858 e. The number of anilines is 1.